The van der Waals surface area contributed by atoms with Gasteiger partial charge in [0.1, 0.15) is 17.4 Å². The lowest BCUT2D eigenvalue weighted by Gasteiger charge is -1.90. The van der Waals surface area contributed by atoms with E-state index in [9.17, 15) is 0 Å². The lowest BCUT2D eigenvalue weighted by atomic mass is 10.2. The lowest BCUT2D eigenvalue weighted by Crippen LogP contribution is -2.10. The highest BCUT2D eigenvalue weighted by molar-refractivity contribution is 5.95. The number of nitrogen functional groups attached to an aromatic ring is 1. The van der Waals surface area contributed by atoms with Crippen molar-refractivity contribution in [3.63, 3.8) is 0 Å². The molecule has 1 rings (SSSR count). The molecule has 1 aromatic heterocycles. The highest BCUT2D eigenvalue weighted by Gasteiger charge is 2.05. The summed E-state index contributed by atoms with van der Waals surface area (Å²) in [7, 11) is 0. The van der Waals surface area contributed by atoms with Gasteiger partial charge in [-0.05, 0) is 19.9 Å². The summed E-state index contributed by atoms with van der Waals surface area (Å²) in [6, 6.07) is 1.76. The molecule has 0 aliphatic rings. The number of hydrogen-bond donors (Lipinski definition) is 2. The van der Waals surface area contributed by atoms with Crippen molar-refractivity contribution in [2.24, 2.45) is 5.73 Å². The summed E-state index contributed by atoms with van der Waals surface area (Å²) >= 11 is 0. The van der Waals surface area contributed by atoms with E-state index in [2.05, 4.69) is 0 Å². The standard InChI is InChI=1S/C7H10N2O/c1-4-3-6(7(8)9)5(2)10-4/h3H,1-2H3,(H3,8,9). The second-order valence-corrected chi connectivity index (χ2v) is 2.24. The Hall–Kier alpha value is -1.25. The molecule has 0 aliphatic carbocycles. The Labute approximate surface area is 59.3 Å². The molecule has 0 amide bonds. The van der Waals surface area contributed by atoms with Crippen molar-refractivity contribution >= 4 is 5.84 Å². The van der Waals surface area contributed by atoms with Crippen molar-refractivity contribution in [2.75, 3.05) is 0 Å². The molecular formula is C7H10N2O. The number of nitrogens with two attached hydrogens (primary N) is 1. The molecule has 0 spiro atoms. The minimum atomic E-state index is 0.0642. The first-order valence-electron chi connectivity index (χ1n) is 3.02. The van der Waals surface area contributed by atoms with E-state index in [4.69, 9.17) is 15.6 Å². The molecule has 0 saturated heterocycles. The van der Waals surface area contributed by atoms with E-state index >= 15 is 0 Å². The van der Waals surface area contributed by atoms with Crippen molar-refractivity contribution < 1.29 is 4.42 Å². The molecule has 0 radical (unpaired) electrons. The Balaban J connectivity index is 3.15. The third-order valence-electron chi connectivity index (χ3n) is 1.33. The summed E-state index contributed by atoms with van der Waals surface area (Å²) < 4.78 is 5.15. The van der Waals surface area contributed by atoms with Crippen LogP contribution in [0.2, 0.25) is 0 Å². The topological polar surface area (TPSA) is 63.0 Å². The van der Waals surface area contributed by atoms with Crippen LogP contribution in [0, 0.1) is 19.3 Å². The second kappa shape index (κ2) is 2.17. The minimum Gasteiger partial charge on any atom is -0.466 e. The van der Waals surface area contributed by atoms with Crippen molar-refractivity contribution in [2.45, 2.75) is 13.8 Å². The highest BCUT2D eigenvalue weighted by Crippen LogP contribution is 2.11. The van der Waals surface area contributed by atoms with Gasteiger partial charge in [0.25, 0.3) is 0 Å². The molecule has 3 N–H and O–H groups in total. The minimum absolute atomic E-state index is 0.0642. The molecule has 10 heavy (non-hydrogen) atoms. The molecule has 1 aromatic rings. The molecule has 3 nitrogen and oxygen atoms in total. The van der Waals surface area contributed by atoms with Crippen LogP contribution in [-0.2, 0) is 0 Å². The molecule has 1 heterocycles. The van der Waals surface area contributed by atoms with Gasteiger partial charge < -0.3 is 10.2 Å². The zero-order valence-electron chi connectivity index (χ0n) is 6.06. The zero-order valence-corrected chi connectivity index (χ0v) is 6.06. The van der Waals surface area contributed by atoms with Gasteiger partial charge in [-0.15, -0.1) is 0 Å². The summed E-state index contributed by atoms with van der Waals surface area (Å²) in [6.07, 6.45) is 0. The number of aryl methyl sites for hydroxylation is 2. The number of hydrogen-bond acceptors (Lipinski definition) is 2. The SMILES string of the molecule is Cc1cc(C(=N)N)c(C)o1. The van der Waals surface area contributed by atoms with Gasteiger partial charge in [-0.2, -0.15) is 0 Å². The molecule has 0 fully saturated rings. The maximum Gasteiger partial charge on any atom is 0.126 e. The first kappa shape index (κ1) is 6.86. The second-order valence-electron chi connectivity index (χ2n) is 2.24. The van der Waals surface area contributed by atoms with Crippen molar-refractivity contribution in [3.05, 3.63) is 23.2 Å². The van der Waals surface area contributed by atoms with Crippen LogP contribution in [0.3, 0.4) is 0 Å². The zero-order chi connectivity index (χ0) is 7.72. The fraction of sp³-hybridized carbons (Fsp3) is 0.286. The normalized spacial score (nSPS) is 9.80. The van der Waals surface area contributed by atoms with Crippen LogP contribution in [-0.4, -0.2) is 5.84 Å². The quantitative estimate of drug-likeness (QED) is 0.452. The van der Waals surface area contributed by atoms with E-state index in [0.29, 0.717) is 11.3 Å². The molecule has 0 saturated carbocycles. The molecule has 3 heteroatoms. The van der Waals surface area contributed by atoms with E-state index in [1.165, 1.54) is 0 Å². The monoisotopic (exact) mass is 138 g/mol. The number of amidine groups is 1. The average molecular weight is 138 g/mol. The lowest BCUT2D eigenvalue weighted by molar-refractivity contribution is 0.504. The van der Waals surface area contributed by atoms with Crippen LogP contribution in [0.4, 0.5) is 0 Å². The Kier molecular flexibility index (Phi) is 1.49. The molecule has 0 atom stereocenters. The predicted molar refractivity (Wildman–Crippen MR) is 39.2 cm³/mol. The van der Waals surface area contributed by atoms with Gasteiger partial charge in [-0.3, -0.25) is 5.41 Å². The fourth-order valence-electron chi connectivity index (χ4n) is 0.898. The van der Waals surface area contributed by atoms with Crippen LogP contribution >= 0.6 is 0 Å². The van der Waals surface area contributed by atoms with E-state index in [0.717, 1.165) is 5.76 Å². The first-order valence-corrected chi connectivity index (χ1v) is 3.02. The maximum absolute atomic E-state index is 7.11. The Morgan fingerprint density at radius 1 is 1.60 bits per heavy atom. The summed E-state index contributed by atoms with van der Waals surface area (Å²) in [5.41, 5.74) is 5.94. The van der Waals surface area contributed by atoms with E-state index in [1.54, 1.807) is 13.0 Å². The molecule has 0 aromatic carbocycles. The van der Waals surface area contributed by atoms with Crippen LogP contribution in [0.1, 0.15) is 17.1 Å². The van der Waals surface area contributed by atoms with Gasteiger partial charge in [-0.25, -0.2) is 0 Å². The number of furan rings is 1. The Morgan fingerprint density at radius 2 is 2.20 bits per heavy atom. The van der Waals surface area contributed by atoms with E-state index in [-0.39, 0.29) is 5.84 Å². The van der Waals surface area contributed by atoms with Gasteiger partial charge in [0.15, 0.2) is 0 Å². The smallest absolute Gasteiger partial charge is 0.126 e. The highest BCUT2D eigenvalue weighted by atomic mass is 16.3. The van der Waals surface area contributed by atoms with Crippen molar-refractivity contribution in [1.82, 2.24) is 0 Å². The molecule has 0 unspecified atom stereocenters. The Morgan fingerprint density at radius 3 is 2.40 bits per heavy atom. The third-order valence-corrected chi connectivity index (χ3v) is 1.33. The van der Waals surface area contributed by atoms with Gasteiger partial charge >= 0.3 is 0 Å². The molecule has 54 valence electrons. The van der Waals surface area contributed by atoms with Crippen LogP contribution in [0.25, 0.3) is 0 Å². The van der Waals surface area contributed by atoms with Gasteiger partial charge in [0, 0.05) is 0 Å². The largest absolute Gasteiger partial charge is 0.466 e. The third kappa shape index (κ3) is 1.03. The summed E-state index contributed by atoms with van der Waals surface area (Å²) in [4.78, 5) is 0. The first-order chi connectivity index (χ1) is 4.61. The predicted octanol–water partition coefficient (Wildman–Crippen LogP) is 1.18. The van der Waals surface area contributed by atoms with Crippen molar-refractivity contribution in [3.8, 4) is 0 Å². The number of nitrogens with one attached hydrogen (secondary N) is 1. The maximum atomic E-state index is 7.11. The summed E-state index contributed by atoms with van der Waals surface area (Å²) in [6.45, 7) is 3.63. The van der Waals surface area contributed by atoms with Gasteiger partial charge in [0.05, 0.1) is 5.56 Å². The van der Waals surface area contributed by atoms with Gasteiger partial charge in [-0.1, -0.05) is 0 Å². The summed E-state index contributed by atoms with van der Waals surface area (Å²) in [5.74, 6) is 1.57. The molecule has 0 aliphatic heterocycles. The van der Waals surface area contributed by atoms with Crippen LogP contribution in [0.15, 0.2) is 10.5 Å². The van der Waals surface area contributed by atoms with Gasteiger partial charge in [0.2, 0.25) is 0 Å². The van der Waals surface area contributed by atoms with E-state index in [1.807, 2.05) is 6.92 Å². The van der Waals surface area contributed by atoms with Crippen LogP contribution < -0.4 is 5.73 Å². The summed E-state index contributed by atoms with van der Waals surface area (Å²) in [5, 5.41) is 7.11. The van der Waals surface area contributed by atoms with Crippen molar-refractivity contribution in [1.29, 1.82) is 5.41 Å². The number of rotatable bonds is 1. The molecule has 0 bridgehead atoms. The average Bonchev–Trinajstić information content (AvgIpc) is 2.10. The Bertz CT molecular complexity index is 263. The van der Waals surface area contributed by atoms with Crippen LogP contribution in [0.5, 0.6) is 0 Å². The fourth-order valence-corrected chi connectivity index (χ4v) is 0.898. The molecular weight excluding hydrogens is 128 g/mol. The van der Waals surface area contributed by atoms with E-state index < -0.39 is 0 Å².